The summed E-state index contributed by atoms with van der Waals surface area (Å²) < 4.78 is 11.8. The van der Waals surface area contributed by atoms with Gasteiger partial charge in [-0.15, -0.1) is 0 Å². The molecule has 4 saturated carbocycles. The molecule has 1 aliphatic heterocycles. The molecule has 1 N–H and O–H groups in total. The molecule has 0 saturated heterocycles. The number of rotatable bonds is 5. The van der Waals surface area contributed by atoms with E-state index in [1.165, 1.54) is 24.1 Å². The van der Waals surface area contributed by atoms with E-state index >= 15 is 0 Å². The van der Waals surface area contributed by atoms with Gasteiger partial charge < -0.3 is 14.9 Å². The molecule has 5 aliphatic carbocycles. The van der Waals surface area contributed by atoms with Crippen molar-refractivity contribution in [2.24, 2.45) is 67.7 Å². The van der Waals surface area contributed by atoms with Crippen LogP contribution in [0.4, 0.5) is 0 Å². The van der Waals surface area contributed by atoms with E-state index in [1.807, 2.05) is 18.2 Å². The van der Waals surface area contributed by atoms with Crippen LogP contribution >= 0.6 is 0 Å². The number of allylic oxidation sites excluding steroid dienone is 2. The van der Waals surface area contributed by atoms with Crippen LogP contribution in [-0.4, -0.2) is 18.8 Å². The maximum absolute atomic E-state index is 14.4. The fraction of sp³-hybridized carbons (Fsp3) is 0.644. The molecule has 5 nitrogen and oxygen atoms in total. The van der Waals surface area contributed by atoms with Gasteiger partial charge in [0.25, 0.3) is 0 Å². The minimum absolute atomic E-state index is 0.0235. The summed E-state index contributed by atoms with van der Waals surface area (Å²) in [5.41, 5.74) is 8.99. The Kier molecular flexibility index (Phi) is 7.98. The molecule has 5 heteroatoms. The number of hydrazone groups is 1. The first-order chi connectivity index (χ1) is 23.8. The van der Waals surface area contributed by atoms with E-state index in [1.54, 1.807) is 12.7 Å². The van der Waals surface area contributed by atoms with Gasteiger partial charge in [0.1, 0.15) is 12.4 Å². The van der Waals surface area contributed by atoms with Crippen molar-refractivity contribution < 1.29 is 14.3 Å². The van der Waals surface area contributed by atoms with Gasteiger partial charge in [-0.05, 0) is 120 Å². The molecule has 0 bridgehead atoms. The minimum atomic E-state index is -0.421. The lowest BCUT2D eigenvalue weighted by molar-refractivity contribution is -0.187. The van der Waals surface area contributed by atoms with Crippen molar-refractivity contribution in [1.29, 1.82) is 0 Å². The Labute approximate surface area is 301 Å². The predicted molar refractivity (Wildman–Crippen MR) is 200 cm³/mol. The molecule has 0 spiro atoms. The number of carbonyl (C=O) groups excluding carboxylic acids is 1. The summed E-state index contributed by atoms with van der Waals surface area (Å²) in [7, 11) is 1.73. The zero-order valence-electron chi connectivity index (χ0n) is 31.9. The SMILES string of the molecule is COc1ccc(C2NN=C3C2C[C@]2(C)[C@H]4CC=C5C6[C@@H](C)[C@H](C)CCC6(C(=O)OCc6ccccc6)CC[C@@]5(C)[C@]4(C)CC[C@H]2C3(C)C)cc1. The molecule has 2 aromatic carbocycles. The van der Waals surface area contributed by atoms with E-state index in [-0.39, 0.29) is 39.6 Å². The van der Waals surface area contributed by atoms with Gasteiger partial charge in [0, 0.05) is 17.0 Å². The van der Waals surface area contributed by atoms with Gasteiger partial charge in [-0.2, -0.15) is 5.10 Å². The first kappa shape index (κ1) is 34.0. The molecule has 268 valence electrons. The Morgan fingerprint density at radius 2 is 1.64 bits per heavy atom. The highest BCUT2D eigenvalue weighted by molar-refractivity contribution is 5.95. The van der Waals surface area contributed by atoms with Gasteiger partial charge in [0.2, 0.25) is 0 Å². The summed E-state index contributed by atoms with van der Waals surface area (Å²) >= 11 is 0. The average molecular weight is 677 g/mol. The monoisotopic (exact) mass is 676 g/mol. The Balaban J connectivity index is 1.15. The zero-order chi connectivity index (χ0) is 35.3. The van der Waals surface area contributed by atoms with Crippen LogP contribution in [0, 0.1) is 62.6 Å². The first-order valence-electron chi connectivity index (χ1n) is 19.7. The zero-order valence-corrected chi connectivity index (χ0v) is 31.9. The summed E-state index contributed by atoms with van der Waals surface area (Å²) in [5, 5.41) is 5.13. The number of hydrogen-bond acceptors (Lipinski definition) is 5. The predicted octanol–water partition coefficient (Wildman–Crippen LogP) is 10.3. The van der Waals surface area contributed by atoms with Crippen LogP contribution < -0.4 is 10.2 Å². The molecule has 4 unspecified atom stereocenters. The highest BCUT2D eigenvalue weighted by Gasteiger charge is 2.70. The van der Waals surface area contributed by atoms with Crippen molar-refractivity contribution >= 4 is 11.7 Å². The van der Waals surface area contributed by atoms with Crippen LogP contribution in [-0.2, 0) is 16.1 Å². The van der Waals surface area contributed by atoms with Gasteiger partial charge >= 0.3 is 5.97 Å². The molecule has 11 atom stereocenters. The highest BCUT2D eigenvalue weighted by atomic mass is 16.5. The van der Waals surface area contributed by atoms with Crippen LogP contribution in [0.15, 0.2) is 71.3 Å². The van der Waals surface area contributed by atoms with Crippen molar-refractivity contribution in [3.05, 3.63) is 77.4 Å². The van der Waals surface area contributed by atoms with Crippen LogP contribution in [0.5, 0.6) is 5.75 Å². The summed E-state index contributed by atoms with van der Waals surface area (Å²) in [4.78, 5) is 14.4. The Hall–Kier alpha value is -3.08. The molecular weight excluding hydrogens is 617 g/mol. The molecule has 0 radical (unpaired) electrons. The topological polar surface area (TPSA) is 59.9 Å². The van der Waals surface area contributed by atoms with Crippen molar-refractivity contribution in [3.63, 3.8) is 0 Å². The van der Waals surface area contributed by atoms with E-state index in [9.17, 15) is 4.79 Å². The Morgan fingerprint density at radius 1 is 0.900 bits per heavy atom. The average Bonchev–Trinajstić information content (AvgIpc) is 3.53. The third-order valence-electron chi connectivity index (χ3n) is 16.6. The number of methoxy groups -OCH3 is 1. The molecule has 0 aromatic heterocycles. The van der Waals surface area contributed by atoms with Crippen LogP contribution in [0.2, 0.25) is 0 Å². The van der Waals surface area contributed by atoms with Crippen molar-refractivity contribution in [1.82, 2.24) is 5.43 Å². The van der Waals surface area contributed by atoms with E-state index in [0.29, 0.717) is 36.2 Å². The summed E-state index contributed by atoms with van der Waals surface area (Å²) in [6.45, 7) is 18.2. The highest BCUT2D eigenvalue weighted by Crippen LogP contribution is 2.76. The van der Waals surface area contributed by atoms with Crippen molar-refractivity contribution in [2.75, 3.05) is 7.11 Å². The molecular formula is C45H60N2O3. The number of nitrogens with zero attached hydrogens (tertiary/aromatic N) is 1. The van der Waals surface area contributed by atoms with E-state index in [2.05, 4.69) is 96.4 Å². The van der Waals surface area contributed by atoms with Gasteiger partial charge in [-0.1, -0.05) is 103 Å². The summed E-state index contributed by atoms with van der Waals surface area (Å²) in [5.74, 6) is 3.78. The molecule has 6 aliphatic rings. The lowest BCUT2D eigenvalue weighted by atomic mass is 9.33. The quantitative estimate of drug-likeness (QED) is 0.253. The van der Waals surface area contributed by atoms with Crippen LogP contribution in [0.3, 0.4) is 0 Å². The van der Waals surface area contributed by atoms with Crippen LogP contribution in [0.1, 0.15) is 117 Å². The van der Waals surface area contributed by atoms with E-state index in [0.717, 1.165) is 49.8 Å². The van der Waals surface area contributed by atoms with E-state index in [4.69, 9.17) is 14.6 Å². The molecule has 4 fully saturated rings. The largest absolute Gasteiger partial charge is 0.497 e. The number of hydrogen-bond donors (Lipinski definition) is 1. The van der Waals surface area contributed by atoms with Gasteiger partial charge in [0.15, 0.2) is 0 Å². The smallest absolute Gasteiger partial charge is 0.313 e. The molecule has 50 heavy (non-hydrogen) atoms. The lowest BCUT2D eigenvalue weighted by Gasteiger charge is -2.71. The third kappa shape index (κ3) is 4.62. The Morgan fingerprint density at radius 3 is 2.36 bits per heavy atom. The second-order valence-corrected chi connectivity index (χ2v) is 18.8. The molecule has 1 heterocycles. The van der Waals surface area contributed by atoms with Gasteiger partial charge in [-0.25, -0.2) is 0 Å². The summed E-state index contributed by atoms with van der Waals surface area (Å²) in [6.07, 6.45) is 11.5. The summed E-state index contributed by atoms with van der Waals surface area (Å²) in [6, 6.07) is 19.0. The first-order valence-corrected chi connectivity index (χ1v) is 19.7. The molecule has 8 rings (SSSR count). The molecule has 2 aromatic rings. The van der Waals surface area contributed by atoms with Crippen molar-refractivity contribution in [2.45, 2.75) is 112 Å². The number of carbonyl (C=O) groups is 1. The van der Waals surface area contributed by atoms with Crippen LogP contribution in [0.25, 0.3) is 0 Å². The second kappa shape index (κ2) is 11.7. The number of fused-ring (bicyclic) bond motifs is 8. The second-order valence-electron chi connectivity index (χ2n) is 18.8. The third-order valence-corrected chi connectivity index (χ3v) is 16.6. The van der Waals surface area contributed by atoms with Crippen molar-refractivity contribution in [3.8, 4) is 5.75 Å². The maximum atomic E-state index is 14.4. The number of nitrogens with one attached hydrogen (secondary N) is 1. The van der Waals surface area contributed by atoms with Gasteiger partial charge in [0.05, 0.1) is 18.6 Å². The fourth-order valence-corrected chi connectivity index (χ4v) is 13.6. The number of ether oxygens (including phenoxy) is 2. The number of esters is 1. The van der Waals surface area contributed by atoms with E-state index < -0.39 is 5.41 Å². The van der Waals surface area contributed by atoms with Gasteiger partial charge in [-0.3, -0.25) is 4.79 Å². The standard InChI is InChI=1S/C45H60N2O3/c1-28-20-23-45(40(48)50-27-30-12-10-9-11-13-30)25-24-43(6)34(37(45)29(28)2)18-19-36-42(5)26-33-38(31-14-16-32(49-8)17-15-31)46-47-39(33)41(3,4)35(42)21-22-44(36,43)7/h9-18,28-29,33,35-38,46H,19-27H2,1-8H3/t28-,29+,33?,35+,36-,37?,38?,42+,43-,44-,45?/m1/s1. The number of benzene rings is 2. The normalized spacial score (nSPS) is 42.6. The Bertz CT molecular complexity index is 1700. The lowest BCUT2D eigenvalue weighted by Crippen LogP contribution is -2.66. The maximum Gasteiger partial charge on any atom is 0.313 e. The molecule has 0 amide bonds. The minimum Gasteiger partial charge on any atom is -0.497 e. The fourth-order valence-electron chi connectivity index (χ4n) is 13.6.